The van der Waals surface area contributed by atoms with Crippen LogP contribution in [0.2, 0.25) is 0 Å². The van der Waals surface area contributed by atoms with Crippen LogP contribution in [0, 0.1) is 35.0 Å². The molecule has 2 heterocycles. The van der Waals surface area contributed by atoms with E-state index in [-0.39, 0.29) is 37.0 Å². The fraction of sp³-hybridized carbons (Fsp3) is 0.682. The molecule has 9 atom stereocenters. The van der Waals surface area contributed by atoms with E-state index in [0.29, 0.717) is 40.4 Å². The van der Waals surface area contributed by atoms with Crippen LogP contribution in [-0.2, 0) is 16.2 Å². The highest BCUT2D eigenvalue weighted by Gasteiger charge is 2.57. The molecule has 2 aromatic rings. The van der Waals surface area contributed by atoms with Gasteiger partial charge in [-0.25, -0.2) is 0 Å². The van der Waals surface area contributed by atoms with Crippen LogP contribution in [0.4, 0.5) is 0 Å². The van der Waals surface area contributed by atoms with Crippen molar-refractivity contribution >= 4 is 11.8 Å². The van der Waals surface area contributed by atoms with E-state index < -0.39 is 24.2 Å². The molecule has 2 amide bonds. The van der Waals surface area contributed by atoms with E-state index in [1.165, 1.54) is 32.1 Å². The van der Waals surface area contributed by atoms with Crippen LogP contribution in [0.25, 0.3) is 11.1 Å². The molecule has 0 aromatic heterocycles. The van der Waals surface area contributed by atoms with Gasteiger partial charge >= 0.3 is 0 Å². The molecule has 10 heteroatoms. The van der Waals surface area contributed by atoms with E-state index in [2.05, 4.69) is 50.2 Å². The predicted octanol–water partition coefficient (Wildman–Crippen LogP) is 6.04. The molecule has 0 radical (unpaired) electrons. The fourth-order valence-electron chi connectivity index (χ4n) is 10.3. The summed E-state index contributed by atoms with van der Waals surface area (Å²) in [6.45, 7) is 15.9. The molecule has 3 saturated carbocycles. The van der Waals surface area contributed by atoms with Crippen LogP contribution < -0.4 is 15.4 Å². The summed E-state index contributed by atoms with van der Waals surface area (Å²) in [4.78, 5) is 36.8. The zero-order valence-electron chi connectivity index (χ0n) is 33.7. The Morgan fingerprint density at radius 1 is 1.04 bits per heavy atom. The summed E-state index contributed by atoms with van der Waals surface area (Å²) in [5.74, 6) is 1.68. The topological polar surface area (TPSA) is 124 Å². The average molecular weight is 747 g/mol. The van der Waals surface area contributed by atoms with Crippen molar-refractivity contribution in [1.29, 1.82) is 0 Å². The van der Waals surface area contributed by atoms with Gasteiger partial charge in [0, 0.05) is 41.2 Å². The van der Waals surface area contributed by atoms with Crippen LogP contribution in [0.3, 0.4) is 0 Å². The molecule has 5 aliphatic rings. The van der Waals surface area contributed by atoms with Gasteiger partial charge in [0.1, 0.15) is 17.9 Å². The number of benzene rings is 2. The third-order valence-electron chi connectivity index (χ3n) is 13.4. The van der Waals surface area contributed by atoms with Gasteiger partial charge in [-0.3, -0.25) is 14.4 Å². The summed E-state index contributed by atoms with van der Waals surface area (Å²) in [5, 5.41) is 29.6. The quantitative estimate of drug-likeness (QED) is 0.185. The summed E-state index contributed by atoms with van der Waals surface area (Å²) in [5.41, 5.74) is 3.33. The number of aliphatic hydroxyl groups excluding tert-OH is 2. The lowest BCUT2D eigenvalue weighted by Gasteiger charge is -2.62. The Balaban J connectivity index is 1.21. The first-order valence-electron chi connectivity index (χ1n) is 20.6. The Morgan fingerprint density at radius 2 is 1.76 bits per heavy atom. The van der Waals surface area contributed by atoms with Crippen molar-refractivity contribution in [3.8, 4) is 16.9 Å². The Morgan fingerprint density at radius 3 is 2.39 bits per heavy atom. The van der Waals surface area contributed by atoms with Crippen LogP contribution in [-0.4, -0.2) is 95.7 Å². The zero-order valence-corrected chi connectivity index (χ0v) is 33.7. The van der Waals surface area contributed by atoms with Crippen molar-refractivity contribution in [2.75, 3.05) is 33.4 Å². The van der Waals surface area contributed by atoms with E-state index in [9.17, 15) is 19.8 Å². The molecule has 3 aliphatic carbocycles. The van der Waals surface area contributed by atoms with Gasteiger partial charge in [-0.15, -0.1) is 0 Å². The van der Waals surface area contributed by atoms with Gasteiger partial charge in [0.15, 0.2) is 0 Å². The van der Waals surface area contributed by atoms with Crippen molar-refractivity contribution < 1.29 is 29.4 Å². The second kappa shape index (κ2) is 17.4. The average Bonchev–Trinajstić information content (AvgIpc) is 3.31. The first-order chi connectivity index (χ1) is 25.8. The lowest BCUT2D eigenvalue weighted by Crippen LogP contribution is -2.62. The maximum Gasteiger partial charge on any atom is 0.251 e. The minimum Gasteiger partial charge on any atom is -0.496 e. The molecule has 54 heavy (non-hydrogen) atoms. The van der Waals surface area contributed by atoms with E-state index in [0.717, 1.165) is 49.2 Å². The molecule has 0 spiro atoms. The minimum absolute atomic E-state index is 0.0521. The third-order valence-corrected chi connectivity index (χ3v) is 13.4. The Bertz CT molecular complexity index is 1590. The van der Waals surface area contributed by atoms with Crippen molar-refractivity contribution in [2.45, 2.75) is 123 Å². The molecule has 10 nitrogen and oxygen atoms in total. The summed E-state index contributed by atoms with van der Waals surface area (Å²) in [7, 11) is 1.62. The number of aliphatic hydroxyl groups is 2. The van der Waals surface area contributed by atoms with Gasteiger partial charge in [0.2, 0.25) is 5.91 Å². The molecule has 2 saturated heterocycles. The largest absolute Gasteiger partial charge is 0.496 e. The fourth-order valence-corrected chi connectivity index (χ4v) is 10.3. The number of hydroxylamine groups is 2. The number of likely N-dealkylation sites (tertiary alicyclic amines) is 1. The Hall–Kier alpha value is -3.02. The minimum atomic E-state index is -0.884. The van der Waals surface area contributed by atoms with Crippen molar-refractivity contribution in [2.24, 2.45) is 35.0 Å². The number of hydrogen-bond donors (Lipinski definition) is 4. The SMILES string of the molecule is COc1c(CN2O[C@@H](CO)[C@H]([C@H](C)O)[C@H]2C(=O)N[C@H]2C[C@H]3C[C@@H]([C@@H]2C)C3(C)C)cccc1-c1cccc(C(=O)N[C@H](CC(C)C)CN2CCCCCC2)c1. The molecular formula is C44H66N4O6. The maximum atomic E-state index is 14.2. The van der Waals surface area contributed by atoms with Gasteiger partial charge in [0.05, 0.1) is 26.4 Å². The lowest BCUT2D eigenvalue weighted by molar-refractivity contribution is -0.183. The second-order valence-electron chi connectivity index (χ2n) is 17.8. The summed E-state index contributed by atoms with van der Waals surface area (Å²) in [6.07, 6.45) is 6.44. The maximum absolute atomic E-state index is 14.2. The van der Waals surface area contributed by atoms with Crippen LogP contribution in [0.15, 0.2) is 42.5 Å². The highest BCUT2D eigenvalue weighted by molar-refractivity contribution is 5.96. The summed E-state index contributed by atoms with van der Waals surface area (Å²) >= 11 is 0. The number of carbonyl (C=O) groups is 2. The van der Waals surface area contributed by atoms with Gasteiger partial charge in [-0.1, -0.05) is 77.8 Å². The molecule has 7 rings (SSSR count). The molecule has 4 N–H and O–H groups in total. The van der Waals surface area contributed by atoms with E-state index in [4.69, 9.17) is 9.57 Å². The van der Waals surface area contributed by atoms with Crippen LogP contribution in [0.1, 0.15) is 102 Å². The van der Waals surface area contributed by atoms with E-state index in [1.807, 2.05) is 42.5 Å². The van der Waals surface area contributed by atoms with Gasteiger partial charge < -0.3 is 30.5 Å². The van der Waals surface area contributed by atoms with Crippen molar-refractivity contribution in [3.05, 3.63) is 53.6 Å². The normalized spacial score (nSPS) is 29.6. The first kappa shape index (κ1) is 40.6. The van der Waals surface area contributed by atoms with Gasteiger partial charge in [-0.2, -0.15) is 5.06 Å². The number of rotatable bonds is 14. The van der Waals surface area contributed by atoms with Crippen molar-refractivity contribution in [1.82, 2.24) is 20.6 Å². The lowest BCUT2D eigenvalue weighted by atomic mass is 9.45. The number of carbonyl (C=O) groups excluding carboxylic acids is 2. The Kier molecular flexibility index (Phi) is 13.1. The molecule has 298 valence electrons. The van der Waals surface area contributed by atoms with E-state index >= 15 is 0 Å². The number of nitrogens with zero attached hydrogens (tertiary/aromatic N) is 2. The van der Waals surface area contributed by atoms with Gasteiger partial charge in [-0.05, 0) is 98.9 Å². The number of ether oxygens (including phenoxy) is 1. The predicted molar refractivity (Wildman–Crippen MR) is 212 cm³/mol. The number of para-hydroxylation sites is 1. The number of methoxy groups -OCH3 is 1. The van der Waals surface area contributed by atoms with Gasteiger partial charge in [0.25, 0.3) is 5.91 Å². The molecule has 0 unspecified atom stereocenters. The summed E-state index contributed by atoms with van der Waals surface area (Å²) in [6, 6.07) is 12.8. The number of nitrogens with one attached hydrogen (secondary N) is 2. The van der Waals surface area contributed by atoms with Crippen LogP contribution in [0.5, 0.6) is 5.75 Å². The smallest absolute Gasteiger partial charge is 0.251 e. The highest BCUT2D eigenvalue weighted by Crippen LogP contribution is 2.61. The number of amides is 2. The molecular weight excluding hydrogens is 681 g/mol. The summed E-state index contributed by atoms with van der Waals surface area (Å²) < 4.78 is 6.05. The first-order valence-corrected chi connectivity index (χ1v) is 20.6. The number of fused-ring (bicyclic) bond motifs is 2. The van der Waals surface area contributed by atoms with Crippen molar-refractivity contribution in [3.63, 3.8) is 0 Å². The Labute approximate surface area is 323 Å². The standard InChI is InChI=1S/C44H66N4O6/c1-27(2)20-34(25-47-18-10-8-9-11-19-47)45-42(51)31-15-12-14-30(21-31)35-17-13-16-32(41(35)53-7)24-48-40(39(29(4)50)38(26-49)54-48)43(52)46-37-23-33-22-36(28(37)3)44(33,5)6/h12-17,21,27-29,33-34,36-40,49-50H,8-11,18-20,22-26H2,1-7H3,(H,45,51)(H,46,52)/t28-,29-,33+,34+,36-,37-,38-,39-,40-/m0/s1. The molecule has 5 fully saturated rings. The van der Waals surface area contributed by atoms with E-state index in [1.54, 1.807) is 19.1 Å². The monoisotopic (exact) mass is 746 g/mol. The molecule has 2 aliphatic heterocycles. The highest BCUT2D eigenvalue weighted by atomic mass is 16.7. The zero-order chi connectivity index (χ0) is 38.7. The molecule has 2 bridgehead atoms. The second-order valence-corrected chi connectivity index (χ2v) is 17.8. The molecule has 2 aromatic carbocycles. The van der Waals surface area contributed by atoms with Crippen LogP contribution >= 0.6 is 0 Å². The number of hydrogen-bond acceptors (Lipinski definition) is 8. The third kappa shape index (κ3) is 8.68.